The van der Waals surface area contributed by atoms with Crippen LogP contribution in [-0.2, 0) is 11.4 Å². The number of methoxy groups -OCH3 is 1. The summed E-state index contributed by atoms with van der Waals surface area (Å²) in [5, 5.41) is 9.42. The van der Waals surface area contributed by atoms with E-state index in [1.807, 2.05) is 36.4 Å². The number of carbonyl (C=O) groups is 1. The van der Waals surface area contributed by atoms with Gasteiger partial charge in [-0.15, -0.1) is 0 Å². The molecular weight excluding hydrogens is 479 g/mol. The molecule has 0 saturated heterocycles. The fraction of sp³-hybridized carbons (Fsp3) is 0.424. The summed E-state index contributed by atoms with van der Waals surface area (Å²) in [7, 11) is 1.60. The van der Waals surface area contributed by atoms with Gasteiger partial charge in [0.25, 0.3) is 0 Å². The zero-order chi connectivity index (χ0) is 26.6. The second-order valence-corrected chi connectivity index (χ2v) is 11.1. The molecule has 1 N–H and O–H groups in total. The highest BCUT2D eigenvalue weighted by Crippen LogP contribution is 2.44. The molecule has 2 saturated carbocycles. The smallest absolute Gasteiger partial charge is 0.303 e. The maximum absolute atomic E-state index is 15.0. The van der Waals surface area contributed by atoms with Gasteiger partial charge in [0, 0.05) is 5.56 Å². The molecule has 0 spiro atoms. The van der Waals surface area contributed by atoms with E-state index in [-0.39, 0.29) is 18.2 Å². The average molecular weight is 517 g/mol. The van der Waals surface area contributed by atoms with Crippen LogP contribution in [0.5, 0.6) is 11.5 Å². The van der Waals surface area contributed by atoms with Gasteiger partial charge in [0.2, 0.25) is 0 Å². The molecule has 200 valence electrons. The quantitative estimate of drug-likeness (QED) is 0.278. The molecule has 3 atom stereocenters. The van der Waals surface area contributed by atoms with E-state index in [1.165, 1.54) is 37.3 Å². The highest BCUT2D eigenvalue weighted by molar-refractivity contribution is 5.71. The molecule has 0 radical (unpaired) electrons. The molecule has 0 aliphatic heterocycles. The molecular formula is C33H37FO4. The highest BCUT2D eigenvalue weighted by Gasteiger charge is 2.29. The molecule has 0 amide bonds. The minimum Gasteiger partial charge on any atom is -0.497 e. The second-order valence-electron chi connectivity index (χ2n) is 11.1. The van der Waals surface area contributed by atoms with Crippen molar-refractivity contribution in [2.45, 2.75) is 70.3 Å². The maximum atomic E-state index is 15.0. The van der Waals surface area contributed by atoms with Gasteiger partial charge in [-0.3, -0.25) is 4.79 Å². The SMILES string of the molecule is COc1ccc(F)c(-c2ccc(COc3cccc([C@H](CC(=O)O)CC4CC4)c3)cc2[C@@H]2CCCC2C)c1. The molecule has 2 aliphatic rings. The Morgan fingerprint density at radius 2 is 1.84 bits per heavy atom. The zero-order valence-corrected chi connectivity index (χ0v) is 22.3. The molecule has 0 bridgehead atoms. The van der Waals surface area contributed by atoms with Crippen molar-refractivity contribution in [3.63, 3.8) is 0 Å². The zero-order valence-electron chi connectivity index (χ0n) is 22.3. The highest BCUT2D eigenvalue weighted by atomic mass is 19.1. The number of ether oxygens (including phenoxy) is 2. The number of hydrogen-bond acceptors (Lipinski definition) is 3. The minimum atomic E-state index is -0.761. The van der Waals surface area contributed by atoms with Crippen LogP contribution in [0.3, 0.4) is 0 Å². The Hall–Kier alpha value is -3.34. The Labute approximate surface area is 224 Å². The van der Waals surface area contributed by atoms with E-state index in [0.717, 1.165) is 35.3 Å². The molecule has 4 nitrogen and oxygen atoms in total. The van der Waals surface area contributed by atoms with Crippen LogP contribution in [0.1, 0.15) is 80.4 Å². The van der Waals surface area contributed by atoms with E-state index in [0.29, 0.717) is 35.7 Å². The maximum Gasteiger partial charge on any atom is 0.303 e. The molecule has 5 rings (SSSR count). The van der Waals surface area contributed by atoms with Crippen molar-refractivity contribution in [2.75, 3.05) is 7.11 Å². The summed E-state index contributed by atoms with van der Waals surface area (Å²) >= 11 is 0. The summed E-state index contributed by atoms with van der Waals surface area (Å²) in [5.41, 5.74) is 4.72. The van der Waals surface area contributed by atoms with E-state index < -0.39 is 5.97 Å². The van der Waals surface area contributed by atoms with E-state index in [2.05, 4.69) is 13.0 Å². The Kier molecular flexibility index (Phi) is 8.01. The summed E-state index contributed by atoms with van der Waals surface area (Å²) in [4.78, 5) is 11.5. The van der Waals surface area contributed by atoms with Gasteiger partial charge in [-0.2, -0.15) is 0 Å². The van der Waals surface area contributed by atoms with Crippen molar-refractivity contribution in [2.24, 2.45) is 11.8 Å². The first kappa shape index (κ1) is 26.3. The lowest BCUT2D eigenvalue weighted by Gasteiger charge is -2.22. The Morgan fingerprint density at radius 1 is 1.00 bits per heavy atom. The summed E-state index contributed by atoms with van der Waals surface area (Å²) in [6.45, 7) is 2.68. The fourth-order valence-corrected chi connectivity index (χ4v) is 6.03. The van der Waals surface area contributed by atoms with Crippen LogP contribution in [0.2, 0.25) is 0 Å². The molecule has 0 aromatic heterocycles. The lowest BCUT2D eigenvalue weighted by Crippen LogP contribution is -2.08. The Balaban J connectivity index is 1.39. The first-order valence-corrected chi connectivity index (χ1v) is 13.8. The van der Waals surface area contributed by atoms with Crippen LogP contribution in [-0.4, -0.2) is 18.2 Å². The number of rotatable bonds is 11. The predicted molar refractivity (Wildman–Crippen MR) is 147 cm³/mol. The number of carboxylic acids is 1. The number of benzene rings is 3. The topological polar surface area (TPSA) is 55.8 Å². The molecule has 1 unspecified atom stereocenters. The third-order valence-electron chi connectivity index (χ3n) is 8.31. The molecule has 2 aliphatic carbocycles. The molecule has 5 heteroatoms. The molecule has 3 aromatic carbocycles. The lowest BCUT2D eigenvalue weighted by molar-refractivity contribution is -0.137. The number of aliphatic carboxylic acids is 1. The van der Waals surface area contributed by atoms with Gasteiger partial charge < -0.3 is 14.6 Å². The van der Waals surface area contributed by atoms with Crippen LogP contribution < -0.4 is 9.47 Å². The van der Waals surface area contributed by atoms with Crippen LogP contribution in [0.25, 0.3) is 11.1 Å². The van der Waals surface area contributed by atoms with Crippen LogP contribution in [0.4, 0.5) is 4.39 Å². The lowest BCUT2D eigenvalue weighted by atomic mass is 9.84. The van der Waals surface area contributed by atoms with Gasteiger partial charge >= 0.3 is 5.97 Å². The van der Waals surface area contributed by atoms with E-state index in [9.17, 15) is 14.3 Å². The van der Waals surface area contributed by atoms with Crippen molar-refractivity contribution in [1.29, 1.82) is 0 Å². The molecule has 3 aromatic rings. The summed E-state index contributed by atoms with van der Waals surface area (Å²) in [5.74, 6) is 1.94. The first-order valence-electron chi connectivity index (χ1n) is 13.8. The molecule has 38 heavy (non-hydrogen) atoms. The van der Waals surface area contributed by atoms with Crippen LogP contribution in [0.15, 0.2) is 60.7 Å². The molecule has 0 heterocycles. The second kappa shape index (κ2) is 11.6. The first-order chi connectivity index (χ1) is 18.4. The minimum absolute atomic E-state index is 0.0102. The monoisotopic (exact) mass is 516 g/mol. The third-order valence-corrected chi connectivity index (χ3v) is 8.31. The Bertz CT molecular complexity index is 1280. The largest absolute Gasteiger partial charge is 0.497 e. The van der Waals surface area contributed by atoms with Gasteiger partial charge in [0.1, 0.15) is 23.9 Å². The fourth-order valence-electron chi connectivity index (χ4n) is 6.03. The van der Waals surface area contributed by atoms with Crippen molar-refractivity contribution in [1.82, 2.24) is 0 Å². The van der Waals surface area contributed by atoms with Gasteiger partial charge in [-0.25, -0.2) is 4.39 Å². The third kappa shape index (κ3) is 6.20. The normalized spacial score (nSPS) is 19.8. The molecule has 2 fully saturated rings. The van der Waals surface area contributed by atoms with Crippen molar-refractivity contribution in [3.05, 3.63) is 83.2 Å². The standard InChI is InChI=1S/C33H37FO4/c1-21-5-3-8-28(21)30-16-23(11-13-29(30)31-19-26(37-2)12-14-32(31)34)20-38-27-7-4-6-24(17-27)25(18-33(35)36)15-22-9-10-22/h4,6-7,11-14,16-17,19,21-22,25,28H,3,5,8-10,15,18,20H2,1-2H3,(H,35,36)/t21?,25-,28+/m0/s1. The van der Waals surface area contributed by atoms with E-state index in [4.69, 9.17) is 9.47 Å². The number of hydrogen-bond donors (Lipinski definition) is 1. The van der Waals surface area contributed by atoms with Crippen LogP contribution in [0, 0.1) is 17.7 Å². The van der Waals surface area contributed by atoms with Crippen molar-refractivity contribution < 1.29 is 23.8 Å². The predicted octanol–water partition coefficient (Wildman–Crippen LogP) is 8.34. The summed E-state index contributed by atoms with van der Waals surface area (Å²) < 4.78 is 26.6. The summed E-state index contributed by atoms with van der Waals surface area (Å²) in [6, 6.07) is 19.0. The number of halogens is 1. The summed E-state index contributed by atoms with van der Waals surface area (Å²) in [6.07, 6.45) is 6.91. The van der Waals surface area contributed by atoms with Crippen molar-refractivity contribution in [3.8, 4) is 22.6 Å². The van der Waals surface area contributed by atoms with Crippen LogP contribution >= 0.6 is 0 Å². The number of carboxylic acid groups (broad SMARTS) is 1. The van der Waals surface area contributed by atoms with E-state index >= 15 is 0 Å². The van der Waals surface area contributed by atoms with Gasteiger partial charge in [-0.05, 0) is 89.1 Å². The van der Waals surface area contributed by atoms with Gasteiger partial charge in [0.15, 0.2) is 0 Å². The van der Waals surface area contributed by atoms with Crippen molar-refractivity contribution >= 4 is 5.97 Å². The average Bonchev–Trinajstić information content (AvgIpc) is 3.64. The van der Waals surface area contributed by atoms with E-state index in [1.54, 1.807) is 19.2 Å². The Morgan fingerprint density at radius 3 is 2.55 bits per heavy atom. The van der Waals surface area contributed by atoms with Gasteiger partial charge in [-0.1, -0.05) is 62.9 Å². The van der Waals surface area contributed by atoms with Gasteiger partial charge in [0.05, 0.1) is 13.5 Å².